The van der Waals surface area contributed by atoms with Gasteiger partial charge in [0.2, 0.25) is 0 Å². The highest BCUT2D eigenvalue weighted by molar-refractivity contribution is 8.00. The van der Waals surface area contributed by atoms with E-state index in [-0.39, 0.29) is 12.1 Å². The summed E-state index contributed by atoms with van der Waals surface area (Å²) in [5.74, 6) is -0.363. The van der Waals surface area contributed by atoms with E-state index in [2.05, 4.69) is 6.92 Å². The third-order valence-corrected chi connectivity index (χ3v) is 4.56. The third kappa shape index (κ3) is 3.42. The summed E-state index contributed by atoms with van der Waals surface area (Å²) in [5, 5.41) is 0.429. The first-order chi connectivity index (χ1) is 9.11. The lowest BCUT2D eigenvalue weighted by Gasteiger charge is -2.14. The van der Waals surface area contributed by atoms with Crippen molar-refractivity contribution < 1.29 is 14.3 Å². The first-order valence-corrected chi connectivity index (χ1v) is 7.34. The number of anilines is 1. The van der Waals surface area contributed by atoms with Crippen LogP contribution in [0.15, 0.2) is 23.1 Å². The summed E-state index contributed by atoms with van der Waals surface area (Å²) in [5.41, 5.74) is 6.72. The van der Waals surface area contributed by atoms with E-state index in [9.17, 15) is 4.79 Å². The Kier molecular flexibility index (Phi) is 4.71. The zero-order chi connectivity index (χ0) is 13.8. The number of carbonyl (C=O) groups is 1. The summed E-state index contributed by atoms with van der Waals surface area (Å²) < 4.78 is 10.5. The summed E-state index contributed by atoms with van der Waals surface area (Å²) >= 11 is 1.73. The Labute approximate surface area is 117 Å². The van der Waals surface area contributed by atoms with Crippen LogP contribution in [0.5, 0.6) is 0 Å². The zero-order valence-corrected chi connectivity index (χ0v) is 12.0. The Hall–Kier alpha value is -1.20. The highest BCUT2D eigenvalue weighted by atomic mass is 32.2. The van der Waals surface area contributed by atoms with Gasteiger partial charge in [0.15, 0.2) is 0 Å². The van der Waals surface area contributed by atoms with E-state index < -0.39 is 0 Å². The normalized spacial score (nSPS) is 22.4. The van der Waals surface area contributed by atoms with Gasteiger partial charge in [-0.15, -0.1) is 11.8 Å². The fourth-order valence-corrected chi connectivity index (χ4v) is 3.20. The van der Waals surface area contributed by atoms with Crippen LogP contribution in [-0.4, -0.2) is 30.5 Å². The predicted octanol–water partition coefficient (Wildman–Crippen LogP) is 2.71. The molecule has 0 radical (unpaired) electrons. The first-order valence-electron chi connectivity index (χ1n) is 6.46. The molecule has 1 aromatic carbocycles. The molecular weight excluding hydrogens is 262 g/mol. The Morgan fingerprint density at radius 1 is 1.58 bits per heavy atom. The fourth-order valence-electron chi connectivity index (χ4n) is 2.04. The van der Waals surface area contributed by atoms with Crippen molar-refractivity contribution in [2.24, 2.45) is 0 Å². The molecule has 2 N–H and O–H groups in total. The van der Waals surface area contributed by atoms with Crippen molar-refractivity contribution in [1.29, 1.82) is 0 Å². The van der Waals surface area contributed by atoms with Crippen molar-refractivity contribution in [3.05, 3.63) is 23.8 Å². The quantitative estimate of drug-likeness (QED) is 0.679. The summed E-state index contributed by atoms with van der Waals surface area (Å²) in [7, 11) is 0. The highest BCUT2D eigenvalue weighted by Crippen LogP contribution is 2.33. The minimum Gasteiger partial charge on any atom is -0.462 e. The number of nitrogens with two attached hydrogens (primary N) is 1. The molecule has 4 nitrogen and oxygen atoms in total. The van der Waals surface area contributed by atoms with Crippen LogP contribution in [0.1, 0.15) is 30.6 Å². The highest BCUT2D eigenvalue weighted by Gasteiger charge is 2.25. The summed E-state index contributed by atoms with van der Waals surface area (Å²) in [4.78, 5) is 12.8. The molecule has 1 saturated heterocycles. The van der Waals surface area contributed by atoms with Gasteiger partial charge in [-0.2, -0.15) is 0 Å². The molecule has 104 valence electrons. The molecule has 0 aromatic heterocycles. The van der Waals surface area contributed by atoms with Crippen LogP contribution < -0.4 is 5.73 Å². The average Bonchev–Trinajstić information content (AvgIpc) is 2.78. The van der Waals surface area contributed by atoms with E-state index in [0.29, 0.717) is 23.1 Å². The van der Waals surface area contributed by atoms with Crippen LogP contribution in [0.2, 0.25) is 0 Å². The van der Waals surface area contributed by atoms with Crippen LogP contribution >= 0.6 is 11.8 Å². The molecule has 0 saturated carbocycles. The maximum Gasteiger partial charge on any atom is 0.340 e. The molecule has 0 amide bonds. The van der Waals surface area contributed by atoms with Gasteiger partial charge in [0, 0.05) is 22.4 Å². The van der Waals surface area contributed by atoms with Crippen molar-refractivity contribution in [1.82, 2.24) is 0 Å². The predicted molar refractivity (Wildman–Crippen MR) is 76.5 cm³/mol. The lowest BCUT2D eigenvalue weighted by Crippen LogP contribution is -2.13. The first kappa shape index (κ1) is 14.2. The van der Waals surface area contributed by atoms with Gasteiger partial charge in [0.25, 0.3) is 0 Å². The summed E-state index contributed by atoms with van der Waals surface area (Å²) in [6, 6.07) is 5.51. The van der Waals surface area contributed by atoms with Gasteiger partial charge in [0.1, 0.15) is 0 Å². The molecule has 2 unspecified atom stereocenters. The van der Waals surface area contributed by atoms with Crippen LogP contribution in [0, 0.1) is 0 Å². The smallest absolute Gasteiger partial charge is 0.340 e. The van der Waals surface area contributed by atoms with Crippen LogP contribution in [0.25, 0.3) is 0 Å². The maximum atomic E-state index is 11.8. The molecule has 0 aliphatic carbocycles. The number of ether oxygens (including phenoxy) is 2. The number of hydrogen-bond acceptors (Lipinski definition) is 5. The van der Waals surface area contributed by atoms with E-state index in [1.807, 2.05) is 12.1 Å². The molecule has 1 fully saturated rings. The van der Waals surface area contributed by atoms with Gasteiger partial charge in [0.05, 0.1) is 18.3 Å². The van der Waals surface area contributed by atoms with Crippen molar-refractivity contribution in [3.63, 3.8) is 0 Å². The van der Waals surface area contributed by atoms with E-state index in [1.54, 1.807) is 24.8 Å². The number of esters is 1. The molecule has 1 aromatic rings. The van der Waals surface area contributed by atoms with Gasteiger partial charge in [-0.3, -0.25) is 0 Å². The van der Waals surface area contributed by atoms with Crippen LogP contribution in [0.4, 0.5) is 5.69 Å². The van der Waals surface area contributed by atoms with Crippen molar-refractivity contribution in [3.8, 4) is 0 Å². The van der Waals surface area contributed by atoms with Gasteiger partial charge in [-0.05, 0) is 38.5 Å². The van der Waals surface area contributed by atoms with Crippen molar-refractivity contribution in [2.75, 3.05) is 18.9 Å². The Morgan fingerprint density at radius 2 is 2.37 bits per heavy atom. The van der Waals surface area contributed by atoms with Crippen molar-refractivity contribution >= 4 is 23.4 Å². The molecule has 5 heteroatoms. The SMILES string of the molecule is CCOC(=O)c1cc(SC2CCOC2C)ccc1N. The Morgan fingerprint density at radius 3 is 3.00 bits per heavy atom. The molecule has 1 heterocycles. The van der Waals surface area contributed by atoms with E-state index in [0.717, 1.165) is 17.9 Å². The van der Waals surface area contributed by atoms with E-state index in [4.69, 9.17) is 15.2 Å². The fraction of sp³-hybridized carbons (Fsp3) is 0.500. The summed E-state index contributed by atoms with van der Waals surface area (Å²) in [6.07, 6.45) is 1.28. The second-order valence-electron chi connectivity index (χ2n) is 4.49. The molecule has 19 heavy (non-hydrogen) atoms. The molecule has 1 aliphatic rings. The number of thioether (sulfide) groups is 1. The Bertz CT molecular complexity index is 464. The molecular formula is C14H19NO3S. The standard InChI is InChI=1S/C14H19NO3S/c1-3-17-14(16)11-8-10(4-5-12(11)15)19-13-6-7-18-9(13)2/h4-5,8-9,13H,3,6-7,15H2,1-2H3. The molecule has 2 atom stereocenters. The molecule has 0 spiro atoms. The lowest BCUT2D eigenvalue weighted by atomic mass is 10.2. The van der Waals surface area contributed by atoms with Gasteiger partial charge in [-0.1, -0.05) is 0 Å². The Balaban J connectivity index is 2.13. The minimum atomic E-state index is -0.363. The number of nitrogen functional groups attached to an aromatic ring is 1. The topological polar surface area (TPSA) is 61.5 Å². The second-order valence-corrected chi connectivity index (χ2v) is 5.80. The minimum absolute atomic E-state index is 0.244. The average molecular weight is 281 g/mol. The van der Waals surface area contributed by atoms with Crippen LogP contribution in [0.3, 0.4) is 0 Å². The number of hydrogen-bond donors (Lipinski definition) is 1. The lowest BCUT2D eigenvalue weighted by molar-refractivity contribution is 0.0527. The molecule has 1 aliphatic heterocycles. The molecule has 0 bridgehead atoms. The second kappa shape index (κ2) is 6.30. The number of carbonyl (C=O) groups excluding carboxylic acids is 1. The van der Waals surface area contributed by atoms with Gasteiger partial charge >= 0.3 is 5.97 Å². The van der Waals surface area contributed by atoms with E-state index in [1.165, 1.54) is 0 Å². The van der Waals surface area contributed by atoms with Crippen LogP contribution in [-0.2, 0) is 9.47 Å². The third-order valence-electron chi connectivity index (χ3n) is 3.11. The summed E-state index contributed by atoms with van der Waals surface area (Å²) in [6.45, 7) is 5.01. The zero-order valence-electron chi connectivity index (χ0n) is 11.2. The van der Waals surface area contributed by atoms with Gasteiger partial charge < -0.3 is 15.2 Å². The number of benzene rings is 1. The van der Waals surface area contributed by atoms with Gasteiger partial charge in [-0.25, -0.2) is 4.79 Å². The molecule has 2 rings (SSSR count). The largest absolute Gasteiger partial charge is 0.462 e. The maximum absolute atomic E-state index is 11.8. The number of rotatable bonds is 4. The monoisotopic (exact) mass is 281 g/mol. The van der Waals surface area contributed by atoms with E-state index >= 15 is 0 Å². The van der Waals surface area contributed by atoms with Crippen molar-refractivity contribution in [2.45, 2.75) is 36.5 Å².